The highest BCUT2D eigenvalue weighted by atomic mass is 35.5. The van der Waals surface area contributed by atoms with E-state index in [9.17, 15) is 0 Å². The number of pyridine rings is 1. The fourth-order valence-electron chi connectivity index (χ4n) is 0.999. The number of methoxy groups -OCH3 is 1. The van der Waals surface area contributed by atoms with Gasteiger partial charge in [-0.05, 0) is 11.4 Å². The Kier molecular flexibility index (Phi) is 1.90. The molecule has 0 fully saturated rings. The Bertz CT molecular complexity index is 412. The van der Waals surface area contributed by atoms with Gasteiger partial charge >= 0.3 is 0 Å². The van der Waals surface area contributed by atoms with E-state index in [1.807, 2.05) is 11.4 Å². The number of hydrogen-bond acceptors (Lipinski definition) is 3. The topological polar surface area (TPSA) is 22.1 Å². The number of fused-ring (bicyclic) bond motifs is 1. The van der Waals surface area contributed by atoms with E-state index >= 15 is 0 Å². The molecule has 0 aliphatic rings. The molecule has 0 amide bonds. The summed E-state index contributed by atoms with van der Waals surface area (Å²) < 4.78 is 5.99. The summed E-state index contributed by atoms with van der Waals surface area (Å²) in [4.78, 5) is 4.22. The van der Waals surface area contributed by atoms with E-state index in [0.717, 1.165) is 10.2 Å². The first-order valence-corrected chi connectivity index (χ1v) is 4.65. The van der Waals surface area contributed by atoms with Gasteiger partial charge < -0.3 is 4.74 Å². The van der Waals surface area contributed by atoms with Crippen molar-refractivity contribution >= 4 is 33.2 Å². The van der Waals surface area contributed by atoms with Gasteiger partial charge in [0.2, 0.25) is 5.88 Å². The molecule has 2 aromatic heterocycles. The smallest absolute Gasteiger partial charge is 0.215 e. The lowest BCUT2D eigenvalue weighted by molar-refractivity contribution is 0.399. The fourth-order valence-corrected chi connectivity index (χ4v) is 2.06. The third kappa shape index (κ3) is 1.15. The van der Waals surface area contributed by atoms with Crippen LogP contribution in [0.2, 0.25) is 5.02 Å². The standard InChI is InChI=1S/C8H6ClNOS/c1-11-7-4-5(9)8-6(10-7)2-3-12-8/h2-4H,1H3. The predicted molar refractivity (Wildman–Crippen MR) is 51.2 cm³/mol. The summed E-state index contributed by atoms with van der Waals surface area (Å²) in [7, 11) is 1.58. The number of halogens is 1. The average Bonchev–Trinajstić information content (AvgIpc) is 2.52. The van der Waals surface area contributed by atoms with E-state index < -0.39 is 0 Å². The molecule has 0 atom stereocenters. The molecule has 0 unspecified atom stereocenters. The minimum atomic E-state index is 0.561. The Balaban J connectivity index is 2.75. The third-order valence-electron chi connectivity index (χ3n) is 1.55. The molecular weight excluding hydrogens is 194 g/mol. The van der Waals surface area contributed by atoms with Crippen LogP contribution in [0.15, 0.2) is 17.5 Å². The maximum Gasteiger partial charge on any atom is 0.215 e. The second-order valence-electron chi connectivity index (χ2n) is 2.28. The van der Waals surface area contributed by atoms with Gasteiger partial charge in [0.15, 0.2) is 0 Å². The zero-order valence-corrected chi connectivity index (χ0v) is 7.95. The van der Waals surface area contributed by atoms with Crippen molar-refractivity contribution in [3.8, 4) is 5.88 Å². The van der Waals surface area contributed by atoms with E-state index in [2.05, 4.69) is 4.98 Å². The maximum atomic E-state index is 5.97. The minimum absolute atomic E-state index is 0.561. The van der Waals surface area contributed by atoms with Gasteiger partial charge in [-0.25, -0.2) is 4.98 Å². The first-order valence-electron chi connectivity index (χ1n) is 3.39. The van der Waals surface area contributed by atoms with Crippen LogP contribution in [0.1, 0.15) is 0 Å². The lowest BCUT2D eigenvalue weighted by atomic mass is 10.4. The van der Waals surface area contributed by atoms with Crippen LogP contribution in [0.25, 0.3) is 10.2 Å². The van der Waals surface area contributed by atoms with Crippen molar-refractivity contribution in [1.29, 1.82) is 0 Å². The monoisotopic (exact) mass is 199 g/mol. The Morgan fingerprint density at radius 1 is 1.58 bits per heavy atom. The van der Waals surface area contributed by atoms with E-state index in [4.69, 9.17) is 16.3 Å². The summed E-state index contributed by atoms with van der Waals surface area (Å²) in [5.41, 5.74) is 0.893. The van der Waals surface area contributed by atoms with E-state index in [0.29, 0.717) is 10.9 Å². The predicted octanol–water partition coefficient (Wildman–Crippen LogP) is 2.96. The SMILES string of the molecule is COc1cc(Cl)c2sccc2n1. The Hall–Kier alpha value is -0.800. The van der Waals surface area contributed by atoms with Crippen LogP contribution in [0, 0.1) is 0 Å². The number of thiophene rings is 1. The van der Waals surface area contributed by atoms with Crippen LogP contribution in [0.4, 0.5) is 0 Å². The van der Waals surface area contributed by atoms with Gasteiger partial charge in [-0.3, -0.25) is 0 Å². The van der Waals surface area contributed by atoms with E-state index in [-0.39, 0.29) is 0 Å². The summed E-state index contributed by atoms with van der Waals surface area (Å²) >= 11 is 7.56. The second-order valence-corrected chi connectivity index (χ2v) is 3.60. The molecule has 0 saturated carbocycles. The molecule has 2 heterocycles. The summed E-state index contributed by atoms with van der Waals surface area (Å²) in [6.45, 7) is 0. The molecule has 2 rings (SSSR count). The lowest BCUT2D eigenvalue weighted by Crippen LogP contribution is -1.86. The largest absolute Gasteiger partial charge is 0.481 e. The fraction of sp³-hybridized carbons (Fsp3) is 0.125. The van der Waals surface area contributed by atoms with Crippen molar-refractivity contribution in [2.24, 2.45) is 0 Å². The van der Waals surface area contributed by atoms with Gasteiger partial charge in [0.25, 0.3) is 0 Å². The molecule has 0 aliphatic heterocycles. The Morgan fingerprint density at radius 3 is 3.17 bits per heavy atom. The van der Waals surface area contributed by atoms with Crippen LogP contribution in [0.5, 0.6) is 5.88 Å². The molecule has 62 valence electrons. The highest BCUT2D eigenvalue weighted by Gasteiger charge is 2.04. The van der Waals surface area contributed by atoms with Crippen molar-refractivity contribution in [3.63, 3.8) is 0 Å². The first kappa shape index (κ1) is 7.83. The molecule has 12 heavy (non-hydrogen) atoms. The highest BCUT2D eigenvalue weighted by Crippen LogP contribution is 2.29. The van der Waals surface area contributed by atoms with Gasteiger partial charge in [0.1, 0.15) is 0 Å². The van der Waals surface area contributed by atoms with Gasteiger partial charge in [-0.1, -0.05) is 11.6 Å². The number of nitrogens with zero attached hydrogens (tertiary/aromatic N) is 1. The highest BCUT2D eigenvalue weighted by molar-refractivity contribution is 7.17. The summed E-state index contributed by atoms with van der Waals surface area (Å²) in [5, 5.41) is 2.66. The lowest BCUT2D eigenvalue weighted by Gasteiger charge is -1.99. The van der Waals surface area contributed by atoms with Gasteiger partial charge in [-0.15, -0.1) is 11.3 Å². The number of aromatic nitrogens is 1. The molecular formula is C8H6ClNOS. The normalized spacial score (nSPS) is 10.5. The second kappa shape index (κ2) is 2.92. The number of hydrogen-bond donors (Lipinski definition) is 0. The number of rotatable bonds is 1. The third-order valence-corrected chi connectivity index (χ3v) is 2.90. The zero-order chi connectivity index (χ0) is 8.55. The molecule has 0 aliphatic carbocycles. The maximum absolute atomic E-state index is 5.97. The van der Waals surface area contributed by atoms with E-state index in [1.165, 1.54) is 0 Å². The van der Waals surface area contributed by atoms with E-state index in [1.54, 1.807) is 24.5 Å². The minimum Gasteiger partial charge on any atom is -0.481 e. The van der Waals surface area contributed by atoms with Crippen molar-refractivity contribution in [2.75, 3.05) is 7.11 Å². The molecule has 4 heteroatoms. The van der Waals surface area contributed by atoms with Crippen molar-refractivity contribution in [3.05, 3.63) is 22.5 Å². The summed E-state index contributed by atoms with van der Waals surface area (Å²) in [6, 6.07) is 3.65. The van der Waals surface area contributed by atoms with Crippen LogP contribution in [-0.4, -0.2) is 12.1 Å². The van der Waals surface area contributed by atoms with Crippen LogP contribution in [-0.2, 0) is 0 Å². The molecule has 0 bridgehead atoms. The molecule has 0 radical (unpaired) electrons. The summed E-state index contributed by atoms with van der Waals surface area (Å²) in [6.07, 6.45) is 0. The molecule has 0 aromatic carbocycles. The van der Waals surface area contributed by atoms with Gasteiger partial charge in [0, 0.05) is 6.07 Å². The van der Waals surface area contributed by atoms with Crippen LogP contribution in [0.3, 0.4) is 0 Å². The van der Waals surface area contributed by atoms with Crippen LogP contribution >= 0.6 is 22.9 Å². The molecule has 0 saturated heterocycles. The van der Waals surface area contributed by atoms with Gasteiger partial charge in [-0.2, -0.15) is 0 Å². The Labute approximate surface area is 78.8 Å². The zero-order valence-electron chi connectivity index (χ0n) is 6.37. The number of ether oxygens (including phenoxy) is 1. The molecule has 2 nitrogen and oxygen atoms in total. The van der Waals surface area contributed by atoms with Crippen LogP contribution < -0.4 is 4.74 Å². The Morgan fingerprint density at radius 2 is 2.42 bits per heavy atom. The first-order chi connectivity index (χ1) is 5.81. The molecule has 0 spiro atoms. The van der Waals surface area contributed by atoms with Crippen molar-refractivity contribution in [2.45, 2.75) is 0 Å². The van der Waals surface area contributed by atoms with Gasteiger partial charge in [0.05, 0.1) is 22.3 Å². The molecule has 2 aromatic rings. The quantitative estimate of drug-likeness (QED) is 0.705. The van der Waals surface area contributed by atoms with Crippen molar-refractivity contribution < 1.29 is 4.74 Å². The average molecular weight is 200 g/mol. The molecule has 0 N–H and O–H groups in total. The summed E-state index contributed by atoms with van der Waals surface area (Å²) in [5.74, 6) is 0.561. The van der Waals surface area contributed by atoms with Crippen molar-refractivity contribution in [1.82, 2.24) is 4.98 Å².